The standard InChI is InChI=1S/C26H32F3N7O4/c27-26(28,29)22-19(12-32-33-23(22)38)35-7-1-2-17(35)14-40-21-6-9-36(24(21)39)18-5-8-34(13-20(18)37)25-30-10-16(11-31-25)15-3-4-15/h10-12,15,17-18,20-21,37H,1-9,13-14H2,(H,33,38). The summed E-state index contributed by atoms with van der Waals surface area (Å²) in [4.78, 5) is 39.2. The van der Waals surface area contributed by atoms with Crippen molar-refractivity contribution >= 4 is 17.5 Å². The lowest BCUT2D eigenvalue weighted by Gasteiger charge is -2.40. The van der Waals surface area contributed by atoms with E-state index in [1.165, 1.54) is 17.7 Å². The molecular weight excluding hydrogens is 531 g/mol. The SMILES string of the molecule is O=C1C(OCC2CCCN2c2cn[nH]c(=O)c2C(F)(F)F)CCN1C1CCN(c2ncc(C3CC3)cn2)CC1O. The number of halogens is 3. The number of likely N-dealkylation sites (tertiary alicyclic amines) is 1. The van der Waals surface area contributed by atoms with Crippen molar-refractivity contribution in [3.8, 4) is 0 Å². The van der Waals surface area contributed by atoms with Crippen molar-refractivity contribution in [1.29, 1.82) is 0 Å². The molecule has 0 radical (unpaired) electrons. The third-order valence-electron chi connectivity index (χ3n) is 8.42. The second-order valence-corrected chi connectivity index (χ2v) is 11.0. The highest BCUT2D eigenvalue weighted by molar-refractivity contribution is 5.83. The molecule has 1 saturated carbocycles. The molecule has 5 heterocycles. The largest absolute Gasteiger partial charge is 0.423 e. The number of carbonyl (C=O) groups excluding carboxylic acids is 1. The number of hydrogen-bond donors (Lipinski definition) is 2. The Morgan fingerprint density at radius 2 is 1.77 bits per heavy atom. The fourth-order valence-corrected chi connectivity index (χ4v) is 6.18. The minimum Gasteiger partial charge on any atom is -0.389 e. The number of hydrogen-bond acceptors (Lipinski definition) is 9. The lowest BCUT2D eigenvalue weighted by atomic mass is 10.0. The van der Waals surface area contributed by atoms with E-state index in [9.17, 15) is 27.9 Å². The molecule has 40 heavy (non-hydrogen) atoms. The Balaban J connectivity index is 1.05. The van der Waals surface area contributed by atoms with Crippen LogP contribution in [0.2, 0.25) is 0 Å². The van der Waals surface area contributed by atoms with Gasteiger partial charge in [0.15, 0.2) is 0 Å². The molecule has 4 unspecified atom stereocenters. The summed E-state index contributed by atoms with van der Waals surface area (Å²) in [5, 5.41) is 16.4. The van der Waals surface area contributed by atoms with Gasteiger partial charge in [-0.3, -0.25) is 9.59 Å². The molecule has 4 fully saturated rings. The second-order valence-electron chi connectivity index (χ2n) is 11.0. The van der Waals surface area contributed by atoms with E-state index in [1.807, 2.05) is 22.4 Å². The predicted molar refractivity (Wildman–Crippen MR) is 137 cm³/mol. The van der Waals surface area contributed by atoms with Crippen LogP contribution in [0.4, 0.5) is 24.8 Å². The van der Waals surface area contributed by atoms with Gasteiger partial charge in [-0.05, 0) is 43.6 Å². The van der Waals surface area contributed by atoms with Crippen molar-refractivity contribution in [2.75, 3.05) is 42.6 Å². The minimum atomic E-state index is -4.83. The molecule has 216 valence electrons. The molecule has 0 spiro atoms. The molecule has 2 aromatic heterocycles. The van der Waals surface area contributed by atoms with Gasteiger partial charge in [0, 0.05) is 45.0 Å². The summed E-state index contributed by atoms with van der Waals surface area (Å²) in [6.45, 7) is 1.71. The van der Waals surface area contributed by atoms with Crippen LogP contribution >= 0.6 is 0 Å². The van der Waals surface area contributed by atoms with E-state index in [2.05, 4.69) is 15.1 Å². The van der Waals surface area contributed by atoms with E-state index >= 15 is 0 Å². The summed E-state index contributed by atoms with van der Waals surface area (Å²) in [6, 6.07) is -0.783. The molecule has 1 aliphatic carbocycles. The Labute approximate surface area is 228 Å². The van der Waals surface area contributed by atoms with Crippen LogP contribution in [-0.4, -0.2) is 93.2 Å². The van der Waals surface area contributed by atoms with Gasteiger partial charge in [0.05, 0.1) is 36.7 Å². The highest BCUT2D eigenvalue weighted by atomic mass is 19.4. The number of nitrogens with zero attached hydrogens (tertiary/aromatic N) is 6. The highest BCUT2D eigenvalue weighted by Gasteiger charge is 2.43. The van der Waals surface area contributed by atoms with E-state index in [4.69, 9.17) is 4.74 Å². The van der Waals surface area contributed by atoms with Gasteiger partial charge in [-0.2, -0.15) is 18.3 Å². The van der Waals surface area contributed by atoms with Gasteiger partial charge in [0.25, 0.3) is 11.5 Å². The van der Waals surface area contributed by atoms with E-state index in [0.29, 0.717) is 63.7 Å². The second kappa shape index (κ2) is 10.6. The lowest BCUT2D eigenvalue weighted by molar-refractivity contribution is -0.141. The van der Waals surface area contributed by atoms with Crippen molar-refractivity contribution in [2.24, 2.45) is 0 Å². The Morgan fingerprint density at radius 1 is 1.00 bits per heavy atom. The number of aromatic nitrogens is 4. The summed E-state index contributed by atoms with van der Waals surface area (Å²) in [5.41, 5.74) is -1.70. The third kappa shape index (κ3) is 5.26. The van der Waals surface area contributed by atoms with Gasteiger partial charge in [-0.1, -0.05) is 0 Å². The quantitative estimate of drug-likeness (QED) is 0.517. The van der Waals surface area contributed by atoms with Crippen LogP contribution in [0.5, 0.6) is 0 Å². The molecular formula is C26H32F3N7O4. The monoisotopic (exact) mass is 563 g/mol. The first-order valence-electron chi connectivity index (χ1n) is 13.8. The number of aromatic amines is 1. The molecule has 0 bridgehead atoms. The predicted octanol–water partition coefficient (Wildman–Crippen LogP) is 1.68. The number of amides is 1. The van der Waals surface area contributed by atoms with Crippen molar-refractivity contribution in [2.45, 2.75) is 74.9 Å². The van der Waals surface area contributed by atoms with Crippen LogP contribution < -0.4 is 15.4 Å². The zero-order valence-electron chi connectivity index (χ0n) is 21.9. The first-order chi connectivity index (χ1) is 19.2. The minimum absolute atomic E-state index is 0.0452. The Morgan fingerprint density at radius 3 is 2.48 bits per heavy atom. The molecule has 14 heteroatoms. The van der Waals surface area contributed by atoms with E-state index in [-0.39, 0.29) is 24.2 Å². The van der Waals surface area contributed by atoms with Gasteiger partial charge in [-0.25, -0.2) is 15.1 Å². The van der Waals surface area contributed by atoms with Gasteiger partial charge in [0.1, 0.15) is 11.7 Å². The number of nitrogens with one attached hydrogen (secondary N) is 1. The Bertz CT molecular complexity index is 1290. The molecule has 2 aromatic rings. The molecule has 2 N–H and O–H groups in total. The first kappa shape index (κ1) is 26.9. The maximum Gasteiger partial charge on any atom is 0.423 e. The highest BCUT2D eigenvalue weighted by Crippen LogP contribution is 2.40. The normalized spacial score (nSPS) is 27.6. The number of anilines is 2. The zero-order valence-corrected chi connectivity index (χ0v) is 21.9. The fraction of sp³-hybridized carbons (Fsp3) is 0.654. The van der Waals surface area contributed by atoms with Crippen LogP contribution in [0, 0.1) is 0 Å². The average molecular weight is 564 g/mol. The maximum atomic E-state index is 13.6. The number of piperidine rings is 1. The molecule has 1 amide bonds. The van der Waals surface area contributed by atoms with Crippen LogP contribution in [0.3, 0.4) is 0 Å². The number of H-pyrrole nitrogens is 1. The summed E-state index contributed by atoms with van der Waals surface area (Å²) in [5.74, 6) is 0.915. The lowest BCUT2D eigenvalue weighted by Crippen LogP contribution is -2.55. The van der Waals surface area contributed by atoms with Gasteiger partial charge >= 0.3 is 6.18 Å². The number of aliphatic hydroxyl groups excluding tert-OH is 1. The van der Waals surface area contributed by atoms with Crippen LogP contribution in [0.15, 0.2) is 23.4 Å². The molecule has 3 aliphatic heterocycles. The van der Waals surface area contributed by atoms with Crippen LogP contribution in [0.25, 0.3) is 0 Å². The van der Waals surface area contributed by atoms with Crippen LogP contribution in [0.1, 0.15) is 55.6 Å². The molecule has 0 aromatic carbocycles. The van der Waals surface area contributed by atoms with Gasteiger partial charge < -0.3 is 24.5 Å². The smallest absolute Gasteiger partial charge is 0.389 e. The van der Waals surface area contributed by atoms with Crippen molar-refractivity contribution in [3.05, 3.63) is 40.1 Å². The number of rotatable bonds is 7. The number of carbonyl (C=O) groups is 1. The van der Waals surface area contributed by atoms with Crippen LogP contribution in [-0.2, 0) is 15.7 Å². The Kier molecular flexibility index (Phi) is 7.15. The molecule has 11 nitrogen and oxygen atoms in total. The topological polar surface area (TPSA) is 128 Å². The molecule has 4 aliphatic rings. The number of aliphatic hydroxyl groups is 1. The third-order valence-corrected chi connectivity index (χ3v) is 8.42. The van der Waals surface area contributed by atoms with Crippen molar-refractivity contribution in [3.63, 3.8) is 0 Å². The molecule has 4 atom stereocenters. The average Bonchev–Trinajstić information content (AvgIpc) is 3.57. The summed E-state index contributed by atoms with van der Waals surface area (Å²) < 4.78 is 46.8. The summed E-state index contributed by atoms with van der Waals surface area (Å²) in [7, 11) is 0. The number of β-amino-alcohol motifs (C(OH)–C–C–N with tert-alkyl or cyclic N) is 1. The van der Waals surface area contributed by atoms with E-state index in [1.54, 1.807) is 4.90 Å². The summed E-state index contributed by atoms with van der Waals surface area (Å²) in [6.07, 6.45) is 2.91. The zero-order chi connectivity index (χ0) is 28.0. The van der Waals surface area contributed by atoms with Crippen molar-refractivity contribution < 1.29 is 27.8 Å². The van der Waals surface area contributed by atoms with Crippen molar-refractivity contribution in [1.82, 2.24) is 25.1 Å². The van der Waals surface area contributed by atoms with E-state index < -0.39 is 35.5 Å². The Hall–Kier alpha value is -3.26. The fourth-order valence-electron chi connectivity index (χ4n) is 6.18. The van der Waals surface area contributed by atoms with Gasteiger partial charge in [0.2, 0.25) is 5.95 Å². The first-order valence-corrected chi connectivity index (χ1v) is 13.8. The van der Waals surface area contributed by atoms with Gasteiger partial charge in [-0.15, -0.1) is 0 Å². The van der Waals surface area contributed by atoms with E-state index in [0.717, 1.165) is 11.8 Å². The maximum absolute atomic E-state index is 13.6. The summed E-state index contributed by atoms with van der Waals surface area (Å²) >= 11 is 0. The molecule has 6 rings (SSSR count). The molecule has 3 saturated heterocycles. The number of alkyl halides is 3. The number of ether oxygens (including phenoxy) is 1.